The number of benzene rings is 1. The Balaban J connectivity index is 1.51. The molecule has 33 heavy (non-hydrogen) atoms. The van der Waals surface area contributed by atoms with Crippen molar-refractivity contribution in [2.24, 2.45) is 0 Å². The van der Waals surface area contributed by atoms with Crippen LogP contribution in [0.25, 0.3) is 11.3 Å². The van der Waals surface area contributed by atoms with Crippen LogP contribution in [0.5, 0.6) is 0 Å². The summed E-state index contributed by atoms with van der Waals surface area (Å²) >= 11 is 0. The van der Waals surface area contributed by atoms with Crippen LogP contribution in [-0.2, 0) is 11.3 Å². The number of nitrogens with zero attached hydrogens (tertiary/aromatic N) is 4. The molecule has 0 bridgehead atoms. The minimum atomic E-state index is -0.220. The molecule has 1 N–H and O–H groups in total. The maximum atomic E-state index is 12.1. The normalized spacial score (nSPS) is 14.5. The smallest absolute Gasteiger partial charge is 0.410 e. The number of aromatic nitrogens is 2. The van der Waals surface area contributed by atoms with E-state index in [0.29, 0.717) is 37.8 Å². The van der Waals surface area contributed by atoms with E-state index in [1.165, 1.54) is 0 Å². The number of carbonyl (C=O) groups excluding carboxylic acids is 2. The number of rotatable bonds is 8. The van der Waals surface area contributed by atoms with Crippen molar-refractivity contribution < 1.29 is 14.3 Å². The SMILES string of the molecule is CCCNC(=O)c1ccc(-c2cnc(CN(C)C3CCN(C(=O)OC(C)C)CC3)cn2)cc1. The van der Waals surface area contributed by atoms with Crippen molar-refractivity contribution >= 4 is 12.0 Å². The lowest BCUT2D eigenvalue weighted by atomic mass is 10.0. The van der Waals surface area contributed by atoms with Crippen LogP contribution in [0.3, 0.4) is 0 Å². The number of nitrogens with one attached hydrogen (secondary N) is 1. The molecule has 0 radical (unpaired) electrons. The van der Waals surface area contributed by atoms with Gasteiger partial charge < -0.3 is 15.0 Å². The molecule has 1 aliphatic rings. The molecule has 0 saturated carbocycles. The summed E-state index contributed by atoms with van der Waals surface area (Å²) in [6.07, 6.45) is 6.00. The average molecular weight is 454 g/mol. The van der Waals surface area contributed by atoms with E-state index in [-0.39, 0.29) is 18.1 Å². The summed E-state index contributed by atoms with van der Waals surface area (Å²) in [6.45, 7) is 8.55. The molecule has 1 saturated heterocycles. The fourth-order valence-corrected chi connectivity index (χ4v) is 3.87. The third-order valence-electron chi connectivity index (χ3n) is 5.78. The van der Waals surface area contributed by atoms with Crippen LogP contribution < -0.4 is 5.32 Å². The molecule has 0 aliphatic carbocycles. The Kier molecular flexibility index (Phi) is 8.77. The van der Waals surface area contributed by atoms with Gasteiger partial charge in [0.05, 0.1) is 29.9 Å². The highest BCUT2D eigenvalue weighted by Gasteiger charge is 2.26. The number of ether oxygens (including phenoxy) is 1. The van der Waals surface area contributed by atoms with Crippen LogP contribution in [0.1, 0.15) is 56.1 Å². The molecule has 0 unspecified atom stereocenters. The van der Waals surface area contributed by atoms with Crippen molar-refractivity contribution in [3.05, 3.63) is 47.9 Å². The van der Waals surface area contributed by atoms with Crippen LogP contribution in [0.4, 0.5) is 4.79 Å². The van der Waals surface area contributed by atoms with Gasteiger partial charge >= 0.3 is 6.09 Å². The summed E-state index contributed by atoms with van der Waals surface area (Å²) in [5, 5.41) is 2.88. The van der Waals surface area contributed by atoms with Gasteiger partial charge in [-0.25, -0.2) is 4.79 Å². The van der Waals surface area contributed by atoms with Crippen LogP contribution in [0.15, 0.2) is 36.7 Å². The molecule has 2 amide bonds. The molecular weight excluding hydrogens is 418 g/mol. The fraction of sp³-hybridized carbons (Fsp3) is 0.520. The first-order valence-electron chi connectivity index (χ1n) is 11.7. The monoisotopic (exact) mass is 453 g/mol. The molecule has 178 valence electrons. The van der Waals surface area contributed by atoms with E-state index in [1.54, 1.807) is 11.1 Å². The summed E-state index contributed by atoms with van der Waals surface area (Å²) in [4.78, 5) is 37.4. The zero-order valence-corrected chi connectivity index (χ0v) is 20.1. The lowest BCUT2D eigenvalue weighted by Gasteiger charge is -2.36. The van der Waals surface area contributed by atoms with E-state index in [1.807, 2.05) is 51.2 Å². The molecular formula is C25H35N5O3. The van der Waals surface area contributed by atoms with Crippen molar-refractivity contribution in [2.45, 2.75) is 58.7 Å². The maximum absolute atomic E-state index is 12.1. The van der Waals surface area contributed by atoms with Crippen LogP contribution in [0.2, 0.25) is 0 Å². The highest BCUT2D eigenvalue weighted by atomic mass is 16.6. The second kappa shape index (κ2) is 11.7. The van der Waals surface area contributed by atoms with Gasteiger partial charge in [-0.05, 0) is 52.3 Å². The van der Waals surface area contributed by atoms with Gasteiger partial charge in [0.2, 0.25) is 0 Å². The number of likely N-dealkylation sites (tertiary alicyclic amines) is 1. The summed E-state index contributed by atoms with van der Waals surface area (Å²) in [6, 6.07) is 7.81. The summed E-state index contributed by atoms with van der Waals surface area (Å²) in [7, 11) is 2.09. The summed E-state index contributed by atoms with van der Waals surface area (Å²) in [5.41, 5.74) is 3.24. The van der Waals surface area contributed by atoms with Crippen molar-refractivity contribution in [1.29, 1.82) is 0 Å². The second-order valence-corrected chi connectivity index (χ2v) is 8.79. The van der Waals surface area contributed by atoms with Crippen molar-refractivity contribution in [2.75, 3.05) is 26.7 Å². The molecule has 8 nitrogen and oxygen atoms in total. The minimum Gasteiger partial charge on any atom is -0.447 e. The lowest BCUT2D eigenvalue weighted by Crippen LogP contribution is -2.46. The summed E-state index contributed by atoms with van der Waals surface area (Å²) in [5.74, 6) is -0.0597. The quantitative estimate of drug-likeness (QED) is 0.655. The molecule has 3 rings (SSSR count). The maximum Gasteiger partial charge on any atom is 0.410 e. The number of piperidine rings is 1. The highest BCUT2D eigenvalue weighted by molar-refractivity contribution is 5.94. The molecule has 2 heterocycles. The van der Waals surface area contributed by atoms with Gasteiger partial charge in [0, 0.05) is 43.3 Å². The van der Waals surface area contributed by atoms with Crippen LogP contribution >= 0.6 is 0 Å². The fourth-order valence-electron chi connectivity index (χ4n) is 3.87. The van der Waals surface area contributed by atoms with Gasteiger partial charge in [-0.2, -0.15) is 0 Å². The molecule has 8 heteroatoms. The number of carbonyl (C=O) groups is 2. The van der Waals surface area contributed by atoms with Gasteiger partial charge in [-0.15, -0.1) is 0 Å². The van der Waals surface area contributed by atoms with Crippen molar-refractivity contribution in [1.82, 2.24) is 25.1 Å². The Bertz CT molecular complexity index is 907. The average Bonchev–Trinajstić information content (AvgIpc) is 2.82. The van der Waals surface area contributed by atoms with E-state index in [9.17, 15) is 9.59 Å². The van der Waals surface area contributed by atoms with Gasteiger partial charge in [0.25, 0.3) is 5.91 Å². The third kappa shape index (κ3) is 6.99. The zero-order chi connectivity index (χ0) is 23.8. The Hall–Kier alpha value is -3.00. The molecule has 0 spiro atoms. The Morgan fingerprint density at radius 1 is 1.15 bits per heavy atom. The topological polar surface area (TPSA) is 87.7 Å². The zero-order valence-electron chi connectivity index (χ0n) is 20.1. The Morgan fingerprint density at radius 3 is 2.42 bits per heavy atom. The van der Waals surface area contributed by atoms with Crippen LogP contribution in [0, 0.1) is 0 Å². The molecule has 0 atom stereocenters. The first kappa shape index (κ1) is 24.6. The molecule has 1 aromatic carbocycles. The Morgan fingerprint density at radius 2 is 1.85 bits per heavy atom. The third-order valence-corrected chi connectivity index (χ3v) is 5.78. The predicted octanol–water partition coefficient (Wildman–Crippen LogP) is 3.72. The van der Waals surface area contributed by atoms with E-state index < -0.39 is 0 Å². The summed E-state index contributed by atoms with van der Waals surface area (Å²) < 4.78 is 5.30. The van der Waals surface area contributed by atoms with Crippen LogP contribution in [-0.4, -0.2) is 70.6 Å². The number of hydrogen-bond donors (Lipinski definition) is 1. The highest BCUT2D eigenvalue weighted by Crippen LogP contribution is 2.20. The standard InChI is InChI=1S/C25H35N5O3/c1-5-12-26-24(31)20-8-6-19(7-9-20)23-16-27-21(15-28-23)17-29(4)22-10-13-30(14-11-22)25(32)33-18(2)3/h6-9,15-16,18,22H,5,10-14,17H2,1-4H3,(H,26,31). The van der Waals surface area contributed by atoms with E-state index in [2.05, 4.69) is 27.2 Å². The first-order chi connectivity index (χ1) is 15.9. The van der Waals surface area contributed by atoms with E-state index in [4.69, 9.17) is 4.74 Å². The van der Waals surface area contributed by atoms with E-state index >= 15 is 0 Å². The molecule has 1 aromatic heterocycles. The van der Waals surface area contributed by atoms with Gasteiger partial charge in [-0.3, -0.25) is 19.7 Å². The second-order valence-electron chi connectivity index (χ2n) is 8.79. The predicted molar refractivity (Wildman–Crippen MR) is 128 cm³/mol. The number of amides is 2. The van der Waals surface area contributed by atoms with Gasteiger partial charge in [0.15, 0.2) is 0 Å². The van der Waals surface area contributed by atoms with E-state index in [0.717, 1.165) is 36.2 Å². The van der Waals surface area contributed by atoms with Gasteiger partial charge in [0.1, 0.15) is 0 Å². The minimum absolute atomic E-state index is 0.0597. The molecule has 1 fully saturated rings. The number of hydrogen-bond acceptors (Lipinski definition) is 6. The first-order valence-corrected chi connectivity index (χ1v) is 11.7. The van der Waals surface area contributed by atoms with Crippen molar-refractivity contribution in [3.8, 4) is 11.3 Å². The Labute approximate surface area is 196 Å². The largest absolute Gasteiger partial charge is 0.447 e. The molecule has 1 aliphatic heterocycles. The van der Waals surface area contributed by atoms with Gasteiger partial charge in [-0.1, -0.05) is 19.1 Å². The van der Waals surface area contributed by atoms with Crippen molar-refractivity contribution in [3.63, 3.8) is 0 Å². The lowest BCUT2D eigenvalue weighted by molar-refractivity contribution is 0.0575. The molecule has 2 aromatic rings.